The van der Waals surface area contributed by atoms with Crippen LogP contribution in [-0.2, 0) is 0 Å². The zero-order valence-corrected chi connectivity index (χ0v) is 11.5. The maximum atomic E-state index is 4.38. The summed E-state index contributed by atoms with van der Waals surface area (Å²) in [6.45, 7) is 8.14. The average Bonchev–Trinajstić information content (AvgIpc) is 2.34. The Morgan fingerprint density at radius 1 is 0.889 bits per heavy atom. The predicted molar refractivity (Wildman–Crippen MR) is 73.8 cm³/mol. The standard InChI is InChI=1S/C14H18N4/c1-8-6-10(3)12(7-9(8)2)13-14(15-5)16-11(4)17-18-13/h6-7H,1-5H3,(H,15,16,17). The number of nitrogens with zero attached hydrogens (tertiary/aromatic N) is 3. The lowest BCUT2D eigenvalue weighted by Crippen LogP contribution is -2.04. The molecule has 0 saturated carbocycles. The van der Waals surface area contributed by atoms with E-state index in [1.807, 2.05) is 14.0 Å². The lowest BCUT2D eigenvalue weighted by molar-refractivity contribution is 0.915. The molecular weight excluding hydrogens is 224 g/mol. The minimum atomic E-state index is 0.671. The molecule has 2 rings (SSSR count). The SMILES string of the molecule is CNc1nc(C)nnc1-c1cc(C)c(C)cc1C. The fourth-order valence-corrected chi connectivity index (χ4v) is 1.98. The van der Waals surface area contributed by atoms with Crippen LogP contribution >= 0.6 is 0 Å². The van der Waals surface area contributed by atoms with Crippen LogP contribution in [0.4, 0.5) is 5.82 Å². The Balaban J connectivity index is 2.65. The Labute approximate surface area is 107 Å². The van der Waals surface area contributed by atoms with Crippen molar-refractivity contribution in [3.8, 4) is 11.3 Å². The van der Waals surface area contributed by atoms with Crippen LogP contribution in [0.2, 0.25) is 0 Å². The largest absolute Gasteiger partial charge is 0.371 e. The predicted octanol–water partition coefficient (Wildman–Crippen LogP) is 2.81. The van der Waals surface area contributed by atoms with Gasteiger partial charge >= 0.3 is 0 Å². The van der Waals surface area contributed by atoms with Gasteiger partial charge in [0.2, 0.25) is 0 Å². The van der Waals surface area contributed by atoms with Crippen LogP contribution < -0.4 is 5.32 Å². The van der Waals surface area contributed by atoms with Crippen molar-refractivity contribution in [1.29, 1.82) is 0 Å². The zero-order chi connectivity index (χ0) is 13.3. The van der Waals surface area contributed by atoms with E-state index in [-0.39, 0.29) is 0 Å². The van der Waals surface area contributed by atoms with Crippen LogP contribution in [0.25, 0.3) is 11.3 Å². The van der Waals surface area contributed by atoms with E-state index in [0.717, 1.165) is 17.1 Å². The molecule has 4 heteroatoms. The molecule has 0 aliphatic rings. The fraction of sp³-hybridized carbons (Fsp3) is 0.357. The van der Waals surface area contributed by atoms with Gasteiger partial charge < -0.3 is 5.32 Å². The molecule has 0 fully saturated rings. The molecule has 0 atom stereocenters. The molecule has 94 valence electrons. The lowest BCUT2D eigenvalue weighted by Gasteiger charge is -2.12. The molecule has 0 saturated heterocycles. The van der Waals surface area contributed by atoms with Crippen LogP contribution in [0.3, 0.4) is 0 Å². The molecule has 18 heavy (non-hydrogen) atoms. The molecule has 2 aromatic rings. The Morgan fingerprint density at radius 2 is 1.56 bits per heavy atom. The van der Waals surface area contributed by atoms with Crippen molar-refractivity contribution in [2.24, 2.45) is 0 Å². The number of benzene rings is 1. The monoisotopic (exact) mass is 242 g/mol. The molecule has 0 unspecified atom stereocenters. The molecule has 0 aliphatic carbocycles. The van der Waals surface area contributed by atoms with Crippen molar-refractivity contribution in [2.75, 3.05) is 12.4 Å². The van der Waals surface area contributed by atoms with Crippen LogP contribution in [0, 0.1) is 27.7 Å². The molecule has 1 heterocycles. The maximum Gasteiger partial charge on any atom is 0.156 e. The number of aromatic nitrogens is 3. The van der Waals surface area contributed by atoms with Gasteiger partial charge in [-0.15, -0.1) is 10.2 Å². The maximum absolute atomic E-state index is 4.38. The van der Waals surface area contributed by atoms with E-state index in [9.17, 15) is 0 Å². The second-order valence-corrected chi connectivity index (χ2v) is 4.56. The topological polar surface area (TPSA) is 50.7 Å². The first kappa shape index (κ1) is 12.5. The summed E-state index contributed by atoms with van der Waals surface area (Å²) in [5.74, 6) is 1.44. The summed E-state index contributed by atoms with van der Waals surface area (Å²) < 4.78 is 0. The number of aryl methyl sites for hydroxylation is 4. The van der Waals surface area contributed by atoms with Crippen LogP contribution in [0.1, 0.15) is 22.5 Å². The molecule has 0 radical (unpaired) electrons. The van der Waals surface area contributed by atoms with Gasteiger partial charge in [-0.3, -0.25) is 0 Å². The van der Waals surface area contributed by atoms with E-state index in [1.165, 1.54) is 16.7 Å². The van der Waals surface area contributed by atoms with Gasteiger partial charge in [0.05, 0.1) is 0 Å². The van der Waals surface area contributed by atoms with Gasteiger partial charge in [0.15, 0.2) is 5.82 Å². The van der Waals surface area contributed by atoms with E-state index in [0.29, 0.717) is 5.82 Å². The third kappa shape index (κ3) is 2.18. The van der Waals surface area contributed by atoms with Gasteiger partial charge in [0.25, 0.3) is 0 Å². The van der Waals surface area contributed by atoms with Crippen molar-refractivity contribution < 1.29 is 0 Å². The van der Waals surface area contributed by atoms with Crippen molar-refractivity contribution >= 4 is 5.82 Å². The Kier molecular flexibility index (Phi) is 3.28. The molecule has 0 aliphatic heterocycles. The van der Waals surface area contributed by atoms with Crippen molar-refractivity contribution in [3.63, 3.8) is 0 Å². The number of hydrogen-bond acceptors (Lipinski definition) is 4. The minimum absolute atomic E-state index is 0.671. The normalized spacial score (nSPS) is 10.5. The number of anilines is 1. The van der Waals surface area contributed by atoms with E-state index >= 15 is 0 Å². The Morgan fingerprint density at radius 3 is 2.22 bits per heavy atom. The summed E-state index contributed by atoms with van der Waals surface area (Å²) in [5.41, 5.74) is 5.62. The summed E-state index contributed by atoms with van der Waals surface area (Å²) in [7, 11) is 1.85. The van der Waals surface area contributed by atoms with Crippen molar-refractivity contribution in [1.82, 2.24) is 15.2 Å². The lowest BCUT2D eigenvalue weighted by atomic mass is 9.98. The highest BCUT2D eigenvalue weighted by molar-refractivity contribution is 5.74. The first-order valence-corrected chi connectivity index (χ1v) is 6.00. The average molecular weight is 242 g/mol. The van der Waals surface area contributed by atoms with Gasteiger partial charge in [-0.2, -0.15) is 0 Å². The summed E-state index contributed by atoms with van der Waals surface area (Å²) >= 11 is 0. The quantitative estimate of drug-likeness (QED) is 0.879. The van der Waals surface area contributed by atoms with Gasteiger partial charge in [-0.05, 0) is 50.5 Å². The minimum Gasteiger partial charge on any atom is -0.371 e. The molecule has 4 nitrogen and oxygen atoms in total. The summed E-state index contributed by atoms with van der Waals surface area (Å²) in [5, 5.41) is 11.4. The number of nitrogens with one attached hydrogen (secondary N) is 1. The summed E-state index contributed by atoms with van der Waals surface area (Å²) in [6.07, 6.45) is 0. The second-order valence-electron chi connectivity index (χ2n) is 4.56. The second kappa shape index (κ2) is 4.72. The van der Waals surface area contributed by atoms with Crippen LogP contribution in [0.15, 0.2) is 12.1 Å². The smallest absolute Gasteiger partial charge is 0.156 e. The van der Waals surface area contributed by atoms with E-state index in [1.54, 1.807) is 0 Å². The summed E-state index contributed by atoms with van der Waals surface area (Å²) in [4.78, 5) is 4.38. The molecule has 0 bridgehead atoms. The Hall–Kier alpha value is -1.97. The van der Waals surface area contributed by atoms with E-state index in [4.69, 9.17) is 0 Å². The van der Waals surface area contributed by atoms with Crippen LogP contribution in [-0.4, -0.2) is 22.2 Å². The van der Waals surface area contributed by atoms with Crippen LogP contribution in [0.5, 0.6) is 0 Å². The fourth-order valence-electron chi connectivity index (χ4n) is 1.98. The van der Waals surface area contributed by atoms with Gasteiger partial charge in [0.1, 0.15) is 11.5 Å². The molecule has 1 N–H and O–H groups in total. The van der Waals surface area contributed by atoms with Gasteiger partial charge in [-0.1, -0.05) is 6.07 Å². The number of hydrogen-bond donors (Lipinski definition) is 1. The molecule has 0 amide bonds. The highest BCUT2D eigenvalue weighted by atomic mass is 15.2. The van der Waals surface area contributed by atoms with E-state index in [2.05, 4.69) is 53.4 Å². The molecule has 1 aromatic heterocycles. The highest BCUT2D eigenvalue weighted by Crippen LogP contribution is 2.28. The Bertz CT molecular complexity index is 591. The van der Waals surface area contributed by atoms with Gasteiger partial charge in [-0.25, -0.2) is 4.98 Å². The highest BCUT2D eigenvalue weighted by Gasteiger charge is 2.12. The third-order valence-electron chi connectivity index (χ3n) is 3.13. The molecular formula is C14H18N4. The summed E-state index contributed by atoms with van der Waals surface area (Å²) in [6, 6.07) is 4.32. The van der Waals surface area contributed by atoms with Crippen molar-refractivity contribution in [3.05, 3.63) is 34.6 Å². The first-order valence-electron chi connectivity index (χ1n) is 6.00. The number of rotatable bonds is 2. The van der Waals surface area contributed by atoms with Crippen molar-refractivity contribution in [2.45, 2.75) is 27.7 Å². The first-order chi connectivity index (χ1) is 8.52. The van der Waals surface area contributed by atoms with Gasteiger partial charge in [0, 0.05) is 12.6 Å². The van der Waals surface area contributed by atoms with E-state index < -0.39 is 0 Å². The molecule has 0 spiro atoms. The third-order valence-corrected chi connectivity index (χ3v) is 3.13. The molecule has 1 aromatic carbocycles. The zero-order valence-electron chi connectivity index (χ0n) is 11.5.